The topological polar surface area (TPSA) is 51.0 Å². The van der Waals surface area contributed by atoms with Gasteiger partial charge in [-0.3, -0.25) is 0 Å². The van der Waals surface area contributed by atoms with Crippen LogP contribution in [0, 0.1) is 5.82 Å². The molecule has 0 saturated heterocycles. The van der Waals surface area contributed by atoms with Crippen molar-refractivity contribution in [2.45, 2.75) is 12.8 Å². The van der Waals surface area contributed by atoms with Crippen LogP contribution in [-0.2, 0) is 6.42 Å². The third-order valence-electron chi connectivity index (χ3n) is 2.45. The Balaban J connectivity index is 2.11. The molecule has 0 saturated carbocycles. The van der Waals surface area contributed by atoms with Gasteiger partial charge in [-0.15, -0.1) is 10.2 Å². The summed E-state index contributed by atoms with van der Waals surface area (Å²) in [5.41, 5.74) is 0.586. The molecule has 0 fully saturated rings. The second kappa shape index (κ2) is 6.06. The fourth-order valence-corrected chi connectivity index (χ4v) is 1.76. The van der Waals surface area contributed by atoms with Crippen molar-refractivity contribution < 1.29 is 8.81 Å². The number of hydrogen-bond donors (Lipinski definition) is 1. The SMILES string of the molecule is CNCCCc1nnc(-c2ccc(Br)c(F)c2)o1. The minimum Gasteiger partial charge on any atom is -0.421 e. The lowest BCUT2D eigenvalue weighted by Gasteiger charge is -1.97. The first-order chi connectivity index (χ1) is 8.70. The Morgan fingerprint density at radius 1 is 1.39 bits per heavy atom. The van der Waals surface area contributed by atoms with Crippen LogP contribution < -0.4 is 5.32 Å². The molecule has 96 valence electrons. The van der Waals surface area contributed by atoms with Gasteiger partial charge in [-0.2, -0.15) is 0 Å². The van der Waals surface area contributed by atoms with Crippen LogP contribution in [0.3, 0.4) is 0 Å². The van der Waals surface area contributed by atoms with Crippen LogP contribution in [-0.4, -0.2) is 23.8 Å². The molecule has 4 nitrogen and oxygen atoms in total. The van der Waals surface area contributed by atoms with E-state index in [1.807, 2.05) is 7.05 Å². The van der Waals surface area contributed by atoms with Gasteiger partial charge in [0.05, 0.1) is 4.47 Å². The van der Waals surface area contributed by atoms with Crippen molar-refractivity contribution in [3.63, 3.8) is 0 Å². The molecule has 2 rings (SSSR count). The molecule has 0 atom stereocenters. The van der Waals surface area contributed by atoms with Gasteiger partial charge < -0.3 is 9.73 Å². The molecule has 2 aromatic rings. The van der Waals surface area contributed by atoms with Crippen molar-refractivity contribution >= 4 is 15.9 Å². The van der Waals surface area contributed by atoms with E-state index in [1.54, 1.807) is 12.1 Å². The lowest BCUT2D eigenvalue weighted by molar-refractivity contribution is 0.494. The molecule has 1 N–H and O–H groups in total. The lowest BCUT2D eigenvalue weighted by atomic mass is 10.2. The molecule has 1 aromatic carbocycles. The van der Waals surface area contributed by atoms with Crippen LogP contribution in [0.15, 0.2) is 27.1 Å². The monoisotopic (exact) mass is 313 g/mol. The van der Waals surface area contributed by atoms with Crippen LogP contribution >= 0.6 is 15.9 Å². The van der Waals surface area contributed by atoms with Gasteiger partial charge in [0, 0.05) is 12.0 Å². The molecular weight excluding hydrogens is 301 g/mol. The van der Waals surface area contributed by atoms with Crippen molar-refractivity contribution in [1.82, 2.24) is 15.5 Å². The molecule has 1 heterocycles. The fraction of sp³-hybridized carbons (Fsp3) is 0.333. The average molecular weight is 314 g/mol. The molecule has 0 bridgehead atoms. The van der Waals surface area contributed by atoms with Crippen molar-refractivity contribution in [2.75, 3.05) is 13.6 Å². The highest BCUT2D eigenvalue weighted by Gasteiger charge is 2.10. The first-order valence-corrected chi connectivity index (χ1v) is 6.42. The standard InChI is InChI=1S/C12H13BrFN3O/c1-15-6-2-3-11-16-17-12(18-11)8-4-5-9(13)10(14)7-8/h4-5,7,15H,2-3,6H2,1H3. The first kappa shape index (κ1) is 13.2. The van der Waals surface area contributed by atoms with E-state index in [-0.39, 0.29) is 5.82 Å². The van der Waals surface area contributed by atoms with Crippen molar-refractivity contribution in [3.05, 3.63) is 34.4 Å². The van der Waals surface area contributed by atoms with Crippen LogP contribution in [0.4, 0.5) is 4.39 Å². The number of hydrogen-bond acceptors (Lipinski definition) is 4. The zero-order chi connectivity index (χ0) is 13.0. The van der Waals surface area contributed by atoms with Gasteiger partial charge in [-0.1, -0.05) is 0 Å². The molecule has 0 amide bonds. The molecule has 0 radical (unpaired) electrons. The largest absolute Gasteiger partial charge is 0.421 e. The predicted octanol–water partition coefficient (Wildman–Crippen LogP) is 2.79. The smallest absolute Gasteiger partial charge is 0.247 e. The third-order valence-corrected chi connectivity index (χ3v) is 3.09. The second-order valence-electron chi connectivity index (χ2n) is 3.84. The maximum atomic E-state index is 13.4. The Morgan fingerprint density at radius 2 is 2.22 bits per heavy atom. The molecule has 18 heavy (non-hydrogen) atoms. The van der Waals surface area contributed by atoms with E-state index in [0.717, 1.165) is 13.0 Å². The number of aryl methyl sites for hydroxylation is 1. The normalized spacial score (nSPS) is 10.8. The molecule has 1 aromatic heterocycles. The van der Waals surface area contributed by atoms with Gasteiger partial charge in [0.25, 0.3) is 0 Å². The molecule has 0 aliphatic carbocycles. The summed E-state index contributed by atoms with van der Waals surface area (Å²) in [5, 5.41) is 10.9. The summed E-state index contributed by atoms with van der Waals surface area (Å²) in [6.07, 6.45) is 1.64. The predicted molar refractivity (Wildman–Crippen MR) is 69.6 cm³/mol. The Hall–Kier alpha value is -1.27. The number of benzene rings is 1. The number of rotatable bonds is 5. The molecule has 0 spiro atoms. The van der Waals surface area contributed by atoms with Gasteiger partial charge in [0.2, 0.25) is 11.8 Å². The summed E-state index contributed by atoms with van der Waals surface area (Å²) < 4.78 is 19.3. The van der Waals surface area contributed by atoms with Crippen LogP contribution in [0.25, 0.3) is 11.5 Å². The summed E-state index contributed by atoms with van der Waals surface area (Å²) in [5.74, 6) is 0.576. The highest BCUT2D eigenvalue weighted by molar-refractivity contribution is 9.10. The van der Waals surface area contributed by atoms with E-state index in [1.165, 1.54) is 6.07 Å². The lowest BCUT2D eigenvalue weighted by Crippen LogP contribution is -2.08. The van der Waals surface area contributed by atoms with Crippen LogP contribution in [0.5, 0.6) is 0 Å². The van der Waals surface area contributed by atoms with Gasteiger partial charge in [0.15, 0.2) is 0 Å². The van der Waals surface area contributed by atoms with Crippen LogP contribution in [0.1, 0.15) is 12.3 Å². The Labute approximate surface area is 113 Å². The van der Waals surface area contributed by atoms with E-state index < -0.39 is 0 Å². The third kappa shape index (κ3) is 3.14. The van der Waals surface area contributed by atoms with Gasteiger partial charge in [0.1, 0.15) is 5.82 Å². The molecule has 6 heteroatoms. The van der Waals surface area contributed by atoms with Crippen LogP contribution in [0.2, 0.25) is 0 Å². The summed E-state index contributed by atoms with van der Waals surface area (Å²) in [6.45, 7) is 0.893. The number of aromatic nitrogens is 2. The van der Waals surface area contributed by atoms with E-state index in [0.29, 0.717) is 28.2 Å². The first-order valence-electron chi connectivity index (χ1n) is 5.63. The van der Waals surface area contributed by atoms with E-state index in [4.69, 9.17) is 4.42 Å². The van der Waals surface area contributed by atoms with Gasteiger partial charge >= 0.3 is 0 Å². The van der Waals surface area contributed by atoms with Crippen molar-refractivity contribution in [2.24, 2.45) is 0 Å². The maximum absolute atomic E-state index is 13.4. The Kier molecular flexibility index (Phi) is 4.43. The molecular formula is C12H13BrFN3O. The average Bonchev–Trinajstić information content (AvgIpc) is 2.82. The van der Waals surface area contributed by atoms with Gasteiger partial charge in [-0.25, -0.2) is 4.39 Å². The highest BCUT2D eigenvalue weighted by atomic mass is 79.9. The summed E-state index contributed by atoms with van der Waals surface area (Å²) >= 11 is 3.10. The van der Waals surface area contributed by atoms with Gasteiger partial charge in [-0.05, 0) is 54.1 Å². The molecule has 0 aliphatic heterocycles. The minimum atomic E-state index is -0.345. The number of halogens is 2. The number of nitrogens with zero attached hydrogens (tertiary/aromatic N) is 2. The number of nitrogens with one attached hydrogen (secondary N) is 1. The molecule has 0 aliphatic rings. The summed E-state index contributed by atoms with van der Waals surface area (Å²) in [6, 6.07) is 4.72. The van der Waals surface area contributed by atoms with E-state index in [9.17, 15) is 4.39 Å². The zero-order valence-corrected chi connectivity index (χ0v) is 11.5. The zero-order valence-electron chi connectivity index (χ0n) is 9.91. The van der Waals surface area contributed by atoms with E-state index in [2.05, 4.69) is 31.4 Å². The van der Waals surface area contributed by atoms with Crippen molar-refractivity contribution in [3.8, 4) is 11.5 Å². The maximum Gasteiger partial charge on any atom is 0.247 e. The Morgan fingerprint density at radius 3 is 2.94 bits per heavy atom. The fourth-order valence-electron chi connectivity index (χ4n) is 1.52. The van der Waals surface area contributed by atoms with Crippen molar-refractivity contribution in [1.29, 1.82) is 0 Å². The minimum absolute atomic E-state index is 0.345. The Bertz CT molecular complexity index is 530. The summed E-state index contributed by atoms with van der Waals surface area (Å²) in [7, 11) is 1.89. The quantitative estimate of drug-likeness (QED) is 0.862. The summed E-state index contributed by atoms with van der Waals surface area (Å²) in [4.78, 5) is 0. The second-order valence-corrected chi connectivity index (χ2v) is 4.69. The molecule has 0 unspecified atom stereocenters. The van der Waals surface area contributed by atoms with E-state index >= 15 is 0 Å². The highest BCUT2D eigenvalue weighted by Crippen LogP contribution is 2.23.